The van der Waals surface area contributed by atoms with E-state index >= 15 is 0 Å². The summed E-state index contributed by atoms with van der Waals surface area (Å²) >= 11 is 1.44. The van der Waals surface area contributed by atoms with Gasteiger partial charge in [0, 0.05) is 6.54 Å². The maximum Gasteiger partial charge on any atom is 0.205 e. The fourth-order valence-corrected chi connectivity index (χ4v) is 1.69. The second-order valence-electron chi connectivity index (χ2n) is 4.54. The minimum absolute atomic E-state index is 0.155. The molecular formula is C9H17N3OS. The Bertz CT molecular complexity index is 256. The van der Waals surface area contributed by atoms with Gasteiger partial charge < -0.3 is 10.4 Å². The maximum atomic E-state index is 9.68. The van der Waals surface area contributed by atoms with Crippen molar-refractivity contribution in [2.75, 3.05) is 11.9 Å². The van der Waals surface area contributed by atoms with Crippen LogP contribution in [0.1, 0.15) is 27.2 Å². The van der Waals surface area contributed by atoms with E-state index in [-0.39, 0.29) is 11.5 Å². The largest absolute Gasteiger partial charge is 0.391 e. The lowest BCUT2D eigenvalue weighted by atomic mass is 9.89. The van der Waals surface area contributed by atoms with Gasteiger partial charge in [0.1, 0.15) is 5.51 Å². The molecule has 14 heavy (non-hydrogen) atoms. The standard InChI is InChI=1S/C9H17N3OS/c1-9(2,3)4-7(13)5-10-8-12-11-6-14-8/h6-7,13H,4-5H2,1-3H3,(H,10,12). The average molecular weight is 215 g/mol. The van der Waals surface area contributed by atoms with Crippen LogP contribution in [-0.2, 0) is 0 Å². The van der Waals surface area contributed by atoms with E-state index in [9.17, 15) is 5.11 Å². The number of rotatable bonds is 4. The number of aromatic nitrogens is 2. The third-order valence-corrected chi connectivity index (χ3v) is 2.35. The topological polar surface area (TPSA) is 58.0 Å². The van der Waals surface area contributed by atoms with Crippen molar-refractivity contribution in [3.63, 3.8) is 0 Å². The normalized spacial score (nSPS) is 14.0. The van der Waals surface area contributed by atoms with E-state index in [0.29, 0.717) is 6.54 Å². The van der Waals surface area contributed by atoms with Gasteiger partial charge in [0.15, 0.2) is 0 Å². The molecule has 0 saturated heterocycles. The van der Waals surface area contributed by atoms with Gasteiger partial charge in [-0.2, -0.15) is 0 Å². The molecule has 1 rings (SSSR count). The predicted octanol–water partition coefficient (Wildman–Crippen LogP) is 1.75. The van der Waals surface area contributed by atoms with Gasteiger partial charge in [0.2, 0.25) is 5.13 Å². The first kappa shape index (κ1) is 11.4. The summed E-state index contributed by atoms with van der Waals surface area (Å²) in [4.78, 5) is 0. The fourth-order valence-electron chi connectivity index (χ4n) is 1.23. The molecule has 0 aliphatic carbocycles. The third-order valence-electron chi connectivity index (χ3n) is 1.70. The van der Waals surface area contributed by atoms with Gasteiger partial charge in [-0.15, -0.1) is 10.2 Å². The molecule has 1 aromatic heterocycles. The molecule has 0 fully saturated rings. The highest BCUT2D eigenvalue weighted by Crippen LogP contribution is 2.21. The van der Waals surface area contributed by atoms with E-state index in [0.717, 1.165) is 11.6 Å². The van der Waals surface area contributed by atoms with E-state index in [2.05, 4.69) is 36.3 Å². The zero-order valence-corrected chi connectivity index (χ0v) is 9.64. The average Bonchev–Trinajstić information content (AvgIpc) is 2.49. The highest BCUT2D eigenvalue weighted by atomic mass is 32.1. The molecule has 1 aromatic rings. The van der Waals surface area contributed by atoms with Crippen molar-refractivity contribution in [1.29, 1.82) is 0 Å². The Kier molecular flexibility index (Phi) is 3.83. The van der Waals surface area contributed by atoms with Crippen LogP contribution in [0.2, 0.25) is 0 Å². The molecule has 0 aliphatic rings. The second kappa shape index (κ2) is 4.70. The number of nitrogens with one attached hydrogen (secondary N) is 1. The fraction of sp³-hybridized carbons (Fsp3) is 0.778. The monoisotopic (exact) mass is 215 g/mol. The molecule has 0 radical (unpaired) electrons. The summed E-state index contributed by atoms with van der Waals surface area (Å²) in [7, 11) is 0. The molecule has 1 atom stereocenters. The molecule has 80 valence electrons. The highest BCUT2D eigenvalue weighted by molar-refractivity contribution is 7.13. The molecule has 1 unspecified atom stereocenters. The van der Waals surface area contributed by atoms with Crippen molar-refractivity contribution in [2.45, 2.75) is 33.3 Å². The van der Waals surface area contributed by atoms with Gasteiger partial charge in [-0.25, -0.2) is 0 Å². The molecule has 0 bridgehead atoms. The zero-order valence-electron chi connectivity index (χ0n) is 8.82. The van der Waals surface area contributed by atoms with Crippen molar-refractivity contribution in [3.8, 4) is 0 Å². The summed E-state index contributed by atoms with van der Waals surface area (Å²) in [6.07, 6.45) is 0.442. The SMILES string of the molecule is CC(C)(C)CC(O)CNc1nncs1. The molecule has 2 N–H and O–H groups in total. The number of aliphatic hydroxyl groups is 1. The Labute approximate surface area is 88.4 Å². The summed E-state index contributed by atoms with van der Waals surface area (Å²) in [6, 6.07) is 0. The summed E-state index contributed by atoms with van der Waals surface area (Å²) < 4.78 is 0. The first-order valence-corrected chi connectivity index (χ1v) is 5.53. The van der Waals surface area contributed by atoms with Crippen LogP contribution in [0.4, 0.5) is 5.13 Å². The number of hydrogen-bond donors (Lipinski definition) is 2. The minimum atomic E-state index is -0.334. The lowest BCUT2D eigenvalue weighted by molar-refractivity contribution is 0.132. The molecule has 1 heterocycles. The lowest BCUT2D eigenvalue weighted by Gasteiger charge is -2.22. The van der Waals surface area contributed by atoms with Crippen molar-refractivity contribution in [3.05, 3.63) is 5.51 Å². The summed E-state index contributed by atoms with van der Waals surface area (Å²) in [5.41, 5.74) is 1.82. The van der Waals surface area contributed by atoms with Gasteiger partial charge in [-0.05, 0) is 11.8 Å². The van der Waals surface area contributed by atoms with Crippen LogP contribution in [0.15, 0.2) is 5.51 Å². The predicted molar refractivity (Wildman–Crippen MR) is 58.5 cm³/mol. The van der Waals surface area contributed by atoms with Crippen molar-refractivity contribution in [1.82, 2.24) is 10.2 Å². The Morgan fingerprint density at radius 1 is 1.57 bits per heavy atom. The van der Waals surface area contributed by atoms with Crippen molar-refractivity contribution in [2.24, 2.45) is 5.41 Å². The van der Waals surface area contributed by atoms with E-state index in [1.165, 1.54) is 11.3 Å². The molecule has 0 saturated carbocycles. The quantitative estimate of drug-likeness (QED) is 0.803. The van der Waals surface area contributed by atoms with Crippen LogP contribution in [-0.4, -0.2) is 28.0 Å². The number of anilines is 1. The number of nitrogens with zero attached hydrogens (tertiary/aromatic N) is 2. The zero-order chi connectivity index (χ0) is 10.6. The smallest absolute Gasteiger partial charge is 0.205 e. The molecule has 5 heteroatoms. The Balaban J connectivity index is 2.25. The number of aliphatic hydroxyl groups excluding tert-OH is 1. The van der Waals surface area contributed by atoms with Gasteiger partial charge in [-0.3, -0.25) is 0 Å². The Morgan fingerprint density at radius 3 is 2.79 bits per heavy atom. The molecule has 0 spiro atoms. The first-order chi connectivity index (χ1) is 6.47. The van der Waals surface area contributed by atoms with E-state index < -0.39 is 0 Å². The Hall–Kier alpha value is -0.680. The molecule has 0 amide bonds. The van der Waals surface area contributed by atoms with Crippen molar-refractivity contribution >= 4 is 16.5 Å². The molecule has 0 aliphatic heterocycles. The number of hydrogen-bond acceptors (Lipinski definition) is 5. The van der Waals surface area contributed by atoms with E-state index in [1.807, 2.05) is 0 Å². The molecule has 4 nitrogen and oxygen atoms in total. The summed E-state index contributed by atoms with van der Waals surface area (Å²) in [6.45, 7) is 6.87. The van der Waals surface area contributed by atoms with Crippen molar-refractivity contribution < 1.29 is 5.11 Å². The maximum absolute atomic E-state index is 9.68. The summed E-state index contributed by atoms with van der Waals surface area (Å²) in [5, 5.41) is 21.0. The van der Waals surface area contributed by atoms with Crippen LogP contribution in [0.3, 0.4) is 0 Å². The molecular weight excluding hydrogens is 198 g/mol. The van der Waals surface area contributed by atoms with Gasteiger partial charge in [-0.1, -0.05) is 32.1 Å². The minimum Gasteiger partial charge on any atom is -0.391 e. The van der Waals surface area contributed by atoms with Crippen LogP contribution in [0.25, 0.3) is 0 Å². The Morgan fingerprint density at radius 2 is 2.29 bits per heavy atom. The second-order valence-corrected chi connectivity index (χ2v) is 5.38. The van der Waals surface area contributed by atoms with E-state index in [4.69, 9.17) is 0 Å². The van der Waals surface area contributed by atoms with Gasteiger partial charge >= 0.3 is 0 Å². The van der Waals surface area contributed by atoms with Crippen LogP contribution >= 0.6 is 11.3 Å². The highest BCUT2D eigenvalue weighted by Gasteiger charge is 2.16. The van der Waals surface area contributed by atoms with Crippen LogP contribution in [0, 0.1) is 5.41 Å². The third kappa shape index (κ3) is 4.53. The van der Waals surface area contributed by atoms with Gasteiger partial charge in [0.05, 0.1) is 6.10 Å². The van der Waals surface area contributed by atoms with Crippen LogP contribution < -0.4 is 5.32 Å². The van der Waals surface area contributed by atoms with Crippen LogP contribution in [0.5, 0.6) is 0 Å². The van der Waals surface area contributed by atoms with E-state index in [1.54, 1.807) is 5.51 Å². The molecule has 0 aromatic carbocycles. The summed E-state index contributed by atoms with van der Waals surface area (Å²) in [5.74, 6) is 0. The lowest BCUT2D eigenvalue weighted by Crippen LogP contribution is -2.25. The van der Waals surface area contributed by atoms with Gasteiger partial charge in [0.25, 0.3) is 0 Å². The first-order valence-electron chi connectivity index (χ1n) is 4.65.